The van der Waals surface area contributed by atoms with Crippen LogP contribution in [0, 0.1) is 17.0 Å². The van der Waals surface area contributed by atoms with Gasteiger partial charge < -0.3 is 10.4 Å². The van der Waals surface area contributed by atoms with Crippen molar-refractivity contribution in [2.24, 2.45) is 7.05 Å². The van der Waals surface area contributed by atoms with Gasteiger partial charge in [0.15, 0.2) is 0 Å². The third-order valence-corrected chi connectivity index (χ3v) is 4.06. The lowest BCUT2D eigenvalue weighted by atomic mass is 9.81. The zero-order chi connectivity index (χ0) is 16.5. The van der Waals surface area contributed by atoms with Crippen molar-refractivity contribution < 1.29 is 19.6 Å². The largest absolute Gasteiger partial charge is 0.480 e. The third-order valence-electron chi connectivity index (χ3n) is 4.06. The minimum absolute atomic E-state index is 0.116. The molecule has 1 aliphatic rings. The number of carboxylic acid groups (broad SMARTS) is 1. The van der Waals surface area contributed by atoms with Crippen molar-refractivity contribution in [1.29, 1.82) is 0 Å². The van der Waals surface area contributed by atoms with Crippen molar-refractivity contribution >= 4 is 17.6 Å². The fourth-order valence-electron chi connectivity index (χ4n) is 2.94. The van der Waals surface area contributed by atoms with Gasteiger partial charge in [-0.1, -0.05) is 19.3 Å². The molecule has 1 fully saturated rings. The van der Waals surface area contributed by atoms with Crippen LogP contribution in [0.25, 0.3) is 0 Å². The van der Waals surface area contributed by atoms with E-state index in [9.17, 15) is 24.8 Å². The van der Waals surface area contributed by atoms with Crippen LogP contribution >= 0.6 is 0 Å². The second-order valence-electron chi connectivity index (χ2n) is 5.57. The normalized spacial score (nSPS) is 17.0. The predicted molar refractivity (Wildman–Crippen MR) is 75.5 cm³/mol. The molecule has 1 saturated carbocycles. The second kappa shape index (κ2) is 5.74. The molecule has 1 aliphatic carbocycles. The van der Waals surface area contributed by atoms with E-state index in [1.54, 1.807) is 0 Å². The fourth-order valence-corrected chi connectivity index (χ4v) is 2.94. The third kappa shape index (κ3) is 2.66. The van der Waals surface area contributed by atoms with Crippen LogP contribution < -0.4 is 5.32 Å². The minimum Gasteiger partial charge on any atom is -0.480 e. The summed E-state index contributed by atoms with van der Waals surface area (Å²) in [7, 11) is 1.42. The SMILES string of the molecule is Cc1nn(C)c(C(=O)NC2(C(=O)O)CCCCC2)c1[N+](=O)[O-]. The average molecular weight is 310 g/mol. The molecule has 1 aromatic rings. The van der Waals surface area contributed by atoms with Crippen molar-refractivity contribution in [2.45, 2.75) is 44.6 Å². The Morgan fingerprint density at radius 3 is 2.45 bits per heavy atom. The quantitative estimate of drug-likeness (QED) is 0.634. The van der Waals surface area contributed by atoms with Crippen LogP contribution in [0.4, 0.5) is 5.69 Å². The Kier molecular flexibility index (Phi) is 4.16. The number of rotatable bonds is 4. The number of carboxylic acids is 1. The first-order chi connectivity index (χ1) is 10.3. The average Bonchev–Trinajstić information content (AvgIpc) is 2.74. The molecule has 0 saturated heterocycles. The van der Waals surface area contributed by atoms with Crippen molar-refractivity contribution in [2.75, 3.05) is 0 Å². The molecule has 0 aromatic carbocycles. The lowest BCUT2D eigenvalue weighted by Gasteiger charge is -2.33. The molecule has 0 aliphatic heterocycles. The van der Waals surface area contributed by atoms with Gasteiger partial charge in [-0.15, -0.1) is 0 Å². The van der Waals surface area contributed by atoms with E-state index in [0.29, 0.717) is 25.7 Å². The second-order valence-corrected chi connectivity index (χ2v) is 5.57. The Balaban J connectivity index is 2.36. The molecule has 2 rings (SSSR count). The van der Waals surface area contributed by atoms with E-state index in [0.717, 1.165) is 11.1 Å². The monoisotopic (exact) mass is 310 g/mol. The number of amides is 1. The van der Waals surface area contributed by atoms with Gasteiger partial charge in [-0.05, 0) is 19.8 Å². The molecular weight excluding hydrogens is 292 g/mol. The van der Waals surface area contributed by atoms with Gasteiger partial charge in [0.1, 0.15) is 11.2 Å². The van der Waals surface area contributed by atoms with Crippen LogP contribution in [0.5, 0.6) is 0 Å². The zero-order valence-corrected chi connectivity index (χ0v) is 12.5. The molecule has 9 heteroatoms. The molecule has 1 heterocycles. The molecule has 1 amide bonds. The van der Waals surface area contributed by atoms with E-state index in [1.807, 2.05) is 0 Å². The van der Waals surface area contributed by atoms with Gasteiger partial charge in [0.05, 0.1) is 4.92 Å². The number of nitro groups is 1. The number of carbonyl (C=O) groups is 2. The van der Waals surface area contributed by atoms with Gasteiger partial charge in [-0.2, -0.15) is 5.10 Å². The van der Waals surface area contributed by atoms with E-state index in [2.05, 4.69) is 10.4 Å². The summed E-state index contributed by atoms with van der Waals surface area (Å²) in [5.41, 5.74) is -1.86. The molecule has 120 valence electrons. The first-order valence-corrected chi connectivity index (χ1v) is 7.02. The number of carbonyl (C=O) groups excluding carboxylic acids is 1. The minimum atomic E-state index is -1.36. The molecule has 0 spiro atoms. The van der Waals surface area contributed by atoms with Crippen LogP contribution in [-0.4, -0.2) is 37.2 Å². The van der Waals surface area contributed by atoms with Crippen LogP contribution in [0.15, 0.2) is 0 Å². The molecule has 0 unspecified atom stereocenters. The van der Waals surface area contributed by atoms with E-state index >= 15 is 0 Å². The van der Waals surface area contributed by atoms with Gasteiger partial charge >= 0.3 is 11.7 Å². The molecule has 1 aromatic heterocycles. The molecule has 2 N–H and O–H groups in total. The number of hydrogen-bond donors (Lipinski definition) is 2. The Morgan fingerprint density at radius 1 is 1.36 bits per heavy atom. The topological polar surface area (TPSA) is 127 Å². The molecule has 22 heavy (non-hydrogen) atoms. The number of aliphatic carboxylic acids is 1. The van der Waals surface area contributed by atoms with Gasteiger partial charge in [0, 0.05) is 7.05 Å². The number of aryl methyl sites for hydroxylation is 2. The predicted octanol–water partition coefficient (Wildman–Crippen LogP) is 1.15. The Morgan fingerprint density at radius 2 is 1.95 bits per heavy atom. The fraction of sp³-hybridized carbons (Fsp3) is 0.615. The Hall–Kier alpha value is -2.45. The van der Waals surface area contributed by atoms with Crippen LogP contribution in [-0.2, 0) is 11.8 Å². The highest BCUT2D eigenvalue weighted by Crippen LogP contribution is 2.30. The van der Waals surface area contributed by atoms with Gasteiger partial charge in [0.2, 0.25) is 5.69 Å². The van der Waals surface area contributed by atoms with Gasteiger partial charge in [-0.3, -0.25) is 19.6 Å². The highest BCUT2D eigenvalue weighted by molar-refractivity contribution is 6.00. The van der Waals surface area contributed by atoms with Crippen LogP contribution in [0.1, 0.15) is 48.3 Å². The van der Waals surface area contributed by atoms with Crippen LogP contribution in [0.2, 0.25) is 0 Å². The molecule has 0 radical (unpaired) electrons. The lowest BCUT2D eigenvalue weighted by molar-refractivity contribution is -0.385. The first-order valence-electron chi connectivity index (χ1n) is 7.02. The lowest BCUT2D eigenvalue weighted by Crippen LogP contribution is -2.55. The highest BCUT2D eigenvalue weighted by atomic mass is 16.6. The summed E-state index contributed by atoms with van der Waals surface area (Å²) in [6.07, 6.45) is 2.94. The number of nitrogens with one attached hydrogen (secondary N) is 1. The zero-order valence-electron chi connectivity index (χ0n) is 12.5. The van der Waals surface area contributed by atoms with Crippen molar-refractivity contribution in [1.82, 2.24) is 15.1 Å². The molecule has 0 bridgehead atoms. The summed E-state index contributed by atoms with van der Waals surface area (Å²) in [4.78, 5) is 34.5. The Labute approximate surface area is 126 Å². The maximum absolute atomic E-state index is 12.4. The first kappa shape index (κ1) is 15.9. The van der Waals surface area contributed by atoms with E-state index < -0.39 is 28.0 Å². The number of hydrogen-bond acceptors (Lipinski definition) is 5. The van der Waals surface area contributed by atoms with Crippen LogP contribution in [0.3, 0.4) is 0 Å². The van der Waals surface area contributed by atoms with E-state index in [1.165, 1.54) is 14.0 Å². The summed E-state index contributed by atoms with van der Waals surface area (Å²) in [5.74, 6) is -1.89. The summed E-state index contributed by atoms with van der Waals surface area (Å²) in [6, 6.07) is 0. The highest BCUT2D eigenvalue weighted by Gasteiger charge is 2.43. The van der Waals surface area contributed by atoms with Gasteiger partial charge in [-0.25, -0.2) is 4.79 Å². The standard InChI is InChI=1S/C13H18N4O5/c1-8-9(17(21)22)10(16(2)15-8)11(18)14-13(12(19)20)6-4-3-5-7-13/h3-7H2,1-2H3,(H,14,18)(H,19,20). The Bertz CT molecular complexity index is 631. The number of nitrogens with zero attached hydrogens (tertiary/aromatic N) is 3. The van der Waals surface area contributed by atoms with Crippen molar-refractivity contribution in [3.8, 4) is 0 Å². The smallest absolute Gasteiger partial charge is 0.329 e. The summed E-state index contributed by atoms with van der Waals surface area (Å²) >= 11 is 0. The number of aromatic nitrogens is 2. The summed E-state index contributed by atoms with van der Waals surface area (Å²) in [5, 5.41) is 27.0. The van der Waals surface area contributed by atoms with Crippen molar-refractivity contribution in [3.05, 3.63) is 21.5 Å². The van der Waals surface area contributed by atoms with Gasteiger partial charge in [0.25, 0.3) is 5.91 Å². The maximum Gasteiger partial charge on any atom is 0.329 e. The molecule has 0 atom stereocenters. The van der Waals surface area contributed by atoms with E-state index in [-0.39, 0.29) is 11.4 Å². The van der Waals surface area contributed by atoms with E-state index in [4.69, 9.17) is 0 Å². The molecule has 9 nitrogen and oxygen atoms in total. The summed E-state index contributed by atoms with van der Waals surface area (Å²) < 4.78 is 1.11. The maximum atomic E-state index is 12.4. The van der Waals surface area contributed by atoms with Crippen molar-refractivity contribution in [3.63, 3.8) is 0 Å². The summed E-state index contributed by atoms with van der Waals surface area (Å²) in [6.45, 7) is 1.43. The molecular formula is C13H18N4O5.